The molecule has 174 valence electrons. The second-order valence-corrected chi connectivity index (χ2v) is 7.13. The highest BCUT2D eigenvalue weighted by atomic mass is 16.5. The molecule has 0 saturated carbocycles. The van der Waals surface area contributed by atoms with E-state index in [1.54, 1.807) is 38.1 Å². The number of methoxy groups -OCH3 is 6. The van der Waals surface area contributed by atoms with Gasteiger partial charge in [-0.15, -0.1) is 0 Å². The summed E-state index contributed by atoms with van der Waals surface area (Å²) in [5, 5.41) is 0. The average molecular weight is 446 g/mol. The predicted molar refractivity (Wildman–Crippen MR) is 119 cm³/mol. The van der Waals surface area contributed by atoms with Crippen LogP contribution in [0.4, 0.5) is 0 Å². The third-order valence-corrected chi connectivity index (χ3v) is 5.48. The summed E-state index contributed by atoms with van der Waals surface area (Å²) in [4.78, 5) is 26.5. The van der Waals surface area contributed by atoms with Crippen molar-refractivity contribution >= 4 is 11.6 Å². The van der Waals surface area contributed by atoms with E-state index in [1.807, 2.05) is 0 Å². The fourth-order valence-electron chi connectivity index (χ4n) is 3.43. The Labute approximate surface area is 188 Å². The van der Waals surface area contributed by atoms with Gasteiger partial charge in [0.2, 0.25) is 11.5 Å². The van der Waals surface area contributed by atoms with Crippen LogP contribution in [0, 0.1) is 11.8 Å². The summed E-state index contributed by atoms with van der Waals surface area (Å²) >= 11 is 0. The van der Waals surface area contributed by atoms with Crippen LogP contribution in [0.3, 0.4) is 0 Å². The number of hydrogen-bond acceptors (Lipinski definition) is 8. The first-order valence-electron chi connectivity index (χ1n) is 9.96. The van der Waals surface area contributed by atoms with Crippen molar-refractivity contribution in [2.75, 3.05) is 42.7 Å². The molecular formula is C24H30O8. The van der Waals surface area contributed by atoms with Crippen LogP contribution in [0.15, 0.2) is 24.3 Å². The number of ether oxygens (including phenoxy) is 6. The molecule has 0 aliphatic rings. The van der Waals surface area contributed by atoms with E-state index in [2.05, 4.69) is 0 Å². The molecule has 0 bridgehead atoms. The van der Waals surface area contributed by atoms with Gasteiger partial charge in [0.25, 0.3) is 0 Å². The Morgan fingerprint density at radius 2 is 0.781 bits per heavy atom. The molecule has 0 amide bonds. The molecule has 0 fully saturated rings. The van der Waals surface area contributed by atoms with Crippen LogP contribution in [-0.4, -0.2) is 54.2 Å². The quantitative estimate of drug-likeness (QED) is 0.477. The lowest BCUT2D eigenvalue weighted by molar-refractivity contribution is 0.0793. The van der Waals surface area contributed by atoms with E-state index >= 15 is 0 Å². The summed E-state index contributed by atoms with van der Waals surface area (Å²) in [5.74, 6) is 0.555. The number of benzene rings is 2. The lowest BCUT2D eigenvalue weighted by Gasteiger charge is -2.20. The number of ketones is 2. The largest absolute Gasteiger partial charge is 0.493 e. The molecule has 0 saturated heterocycles. The minimum absolute atomic E-state index is 0.224. The van der Waals surface area contributed by atoms with Gasteiger partial charge < -0.3 is 28.4 Å². The highest BCUT2D eigenvalue weighted by molar-refractivity contribution is 6.05. The first-order chi connectivity index (χ1) is 15.3. The minimum Gasteiger partial charge on any atom is -0.493 e. The van der Waals surface area contributed by atoms with Crippen LogP contribution in [0.2, 0.25) is 0 Å². The fourth-order valence-corrected chi connectivity index (χ4v) is 3.43. The highest BCUT2D eigenvalue weighted by Crippen LogP contribution is 2.41. The number of carbonyl (C=O) groups is 2. The van der Waals surface area contributed by atoms with Crippen LogP contribution in [0.25, 0.3) is 0 Å². The molecule has 0 aromatic heterocycles. The molecule has 2 aromatic rings. The van der Waals surface area contributed by atoms with E-state index in [0.29, 0.717) is 45.6 Å². The van der Waals surface area contributed by atoms with E-state index in [0.717, 1.165) is 0 Å². The van der Waals surface area contributed by atoms with Crippen molar-refractivity contribution in [3.8, 4) is 34.5 Å². The van der Waals surface area contributed by atoms with E-state index in [4.69, 9.17) is 28.4 Å². The van der Waals surface area contributed by atoms with Gasteiger partial charge in [-0.3, -0.25) is 9.59 Å². The molecule has 8 heteroatoms. The monoisotopic (exact) mass is 446 g/mol. The summed E-state index contributed by atoms with van der Waals surface area (Å²) in [6.07, 6.45) is 0. The molecule has 0 heterocycles. The standard InChI is InChI=1S/C24H30O8/c1-13(21(25)15-9-17(27-3)23(31-7)18(10-15)28-4)14(2)22(26)16-11-19(29-5)24(32-8)20(12-16)30-6/h9-14H,1-8H3. The van der Waals surface area contributed by atoms with Gasteiger partial charge in [-0.05, 0) is 24.3 Å². The second kappa shape index (κ2) is 10.7. The maximum Gasteiger partial charge on any atom is 0.203 e. The van der Waals surface area contributed by atoms with Crippen LogP contribution in [0.5, 0.6) is 34.5 Å². The van der Waals surface area contributed by atoms with Gasteiger partial charge >= 0.3 is 0 Å². The first-order valence-corrected chi connectivity index (χ1v) is 9.96. The molecule has 2 rings (SSSR count). The lowest BCUT2D eigenvalue weighted by atomic mass is 9.83. The van der Waals surface area contributed by atoms with Gasteiger partial charge in [0.15, 0.2) is 34.6 Å². The molecule has 2 aromatic carbocycles. The summed E-state index contributed by atoms with van der Waals surface area (Å²) < 4.78 is 32.0. The van der Waals surface area contributed by atoms with E-state index in [-0.39, 0.29) is 11.6 Å². The van der Waals surface area contributed by atoms with Gasteiger partial charge in [-0.25, -0.2) is 0 Å². The molecule has 2 atom stereocenters. The summed E-state index contributed by atoms with van der Waals surface area (Å²) in [6.45, 7) is 3.43. The molecule has 0 N–H and O–H groups in total. The topological polar surface area (TPSA) is 89.5 Å². The summed E-state index contributed by atoms with van der Waals surface area (Å²) in [7, 11) is 8.89. The Kier molecular flexibility index (Phi) is 8.34. The highest BCUT2D eigenvalue weighted by Gasteiger charge is 2.30. The number of carbonyl (C=O) groups excluding carboxylic acids is 2. The van der Waals surface area contributed by atoms with Crippen LogP contribution >= 0.6 is 0 Å². The Balaban J connectivity index is 2.39. The first kappa shape index (κ1) is 24.8. The summed E-state index contributed by atoms with van der Waals surface area (Å²) in [5.41, 5.74) is 0.716. The Morgan fingerprint density at radius 3 is 0.969 bits per heavy atom. The second-order valence-electron chi connectivity index (χ2n) is 7.13. The van der Waals surface area contributed by atoms with E-state index in [1.165, 1.54) is 42.7 Å². The van der Waals surface area contributed by atoms with Gasteiger partial charge in [0, 0.05) is 23.0 Å². The molecule has 32 heavy (non-hydrogen) atoms. The van der Waals surface area contributed by atoms with Crippen molar-refractivity contribution in [3.05, 3.63) is 35.4 Å². The number of rotatable bonds is 11. The molecule has 0 spiro atoms. The maximum absolute atomic E-state index is 13.2. The van der Waals surface area contributed by atoms with Crippen LogP contribution in [-0.2, 0) is 0 Å². The van der Waals surface area contributed by atoms with Gasteiger partial charge in [-0.1, -0.05) is 13.8 Å². The van der Waals surface area contributed by atoms with Crippen LogP contribution in [0.1, 0.15) is 34.6 Å². The third kappa shape index (κ3) is 4.74. The summed E-state index contributed by atoms with van der Waals surface area (Å²) in [6, 6.07) is 6.32. The normalized spacial score (nSPS) is 12.4. The van der Waals surface area contributed by atoms with Crippen molar-refractivity contribution in [1.29, 1.82) is 0 Å². The van der Waals surface area contributed by atoms with Crippen LogP contribution < -0.4 is 28.4 Å². The van der Waals surface area contributed by atoms with Crippen molar-refractivity contribution in [1.82, 2.24) is 0 Å². The zero-order chi connectivity index (χ0) is 24.0. The molecule has 8 nitrogen and oxygen atoms in total. The Hall–Kier alpha value is -3.42. The van der Waals surface area contributed by atoms with Gasteiger partial charge in [0.05, 0.1) is 42.7 Å². The fraction of sp³-hybridized carbons (Fsp3) is 0.417. The minimum atomic E-state index is -0.621. The zero-order valence-electron chi connectivity index (χ0n) is 19.7. The number of hydrogen-bond donors (Lipinski definition) is 0. The molecule has 0 radical (unpaired) electrons. The lowest BCUT2D eigenvalue weighted by Crippen LogP contribution is -2.26. The van der Waals surface area contributed by atoms with Gasteiger partial charge in [-0.2, -0.15) is 0 Å². The smallest absolute Gasteiger partial charge is 0.203 e. The molecule has 0 aliphatic carbocycles. The molecular weight excluding hydrogens is 416 g/mol. The molecule has 0 aliphatic heterocycles. The average Bonchev–Trinajstić information content (AvgIpc) is 2.84. The van der Waals surface area contributed by atoms with E-state index < -0.39 is 11.8 Å². The van der Waals surface area contributed by atoms with Gasteiger partial charge in [0.1, 0.15) is 0 Å². The van der Waals surface area contributed by atoms with Crippen molar-refractivity contribution in [3.63, 3.8) is 0 Å². The van der Waals surface area contributed by atoms with Crippen molar-refractivity contribution < 1.29 is 38.0 Å². The van der Waals surface area contributed by atoms with Crippen molar-refractivity contribution in [2.45, 2.75) is 13.8 Å². The maximum atomic E-state index is 13.2. The predicted octanol–water partition coefficient (Wildman–Crippen LogP) is 4.08. The number of Topliss-reactive ketones (excluding diaryl/α,β-unsaturated/α-hetero) is 2. The van der Waals surface area contributed by atoms with Crippen molar-refractivity contribution in [2.24, 2.45) is 11.8 Å². The SMILES string of the molecule is COc1cc(C(=O)C(C)C(C)C(=O)c2cc(OC)c(OC)c(OC)c2)cc(OC)c1OC. The van der Waals surface area contributed by atoms with E-state index in [9.17, 15) is 9.59 Å². The Morgan fingerprint density at radius 1 is 0.531 bits per heavy atom. The molecule has 2 unspecified atom stereocenters. The zero-order valence-corrected chi connectivity index (χ0v) is 19.7. The third-order valence-electron chi connectivity index (χ3n) is 5.48. The Bertz CT molecular complexity index is 852.